The number of alkyl halides is 3. The van der Waals surface area contributed by atoms with E-state index in [9.17, 15) is 18.0 Å². The number of halogens is 3. The molecule has 1 aromatic rings. The van der Waals surface area contributed by atoms with Crippen LogP contribution < -0.4 is 5.32 Å². The van der Waals surface area contributed by atoms with E-state index < -0.39 is 11.7 Å². The maximum Gasteiger partial charge on any atom is 0.416 e. The van der Waals surface area contributed by atoms with E-state index in [4.69, 9.17) is 0 Å². The van der Waals surface area contributed by atoms with Crippen LogP contribution in [0.25, 0.3) is 0 Å². The number of carbonyl (C=O) groups excluding carboxylic acids is 1. The first-order chi connectivity index (χ1) is 8.99. The molecule has 0 bridgehead atoms. The molecule has 0 aliphatic carbocycles. The molecule has 0 saturated heterocycles. The molecule has 1 aromatic carbocycles. The van der Waals surface area contributed by atoms with Crippen LogP contribution in [-0.2, 0) is 11.0 Å². The molecule has 1 N–H and O–H groups in total. The fourth-order valence-corrected chi connectivity index (χ4v) is 1.82. The van der Waals surface area contributed by atoms with Crippen molar-refractivity contribution in [3.05, 3.63) is 35.4 Å². The van der Waals surface area contributed by atoms with Gasteiger partial charge in [-0.3, -0.25) is 4.79 Å². The predicted octanol–water partition coefficient (Wildman–Crippen LogP) is 4.32. The van der Waals surface area contributed by atoms with E-state index in [0.29, 0.717) is 12.0 Å². The number of hydrogen-bond acceptors (Lipinski definition) is 1. The zero-order valence-electron chi connectivity index (χ0n) is 12.1. The van der Waals surface area contributed by atoms with Gasteiger partial charge < -0.3 is 5.32 Å². The summed E-state index contributed by atoms with van der Waals surface area (Å²) < 4.78 is 37.3. The van der Waals surface area contributed by atoms with Gasteiger partial charge in [0.25, 0.3) is 0 Å². The summed E-state index contributed by atoms with van der Waals surface area (Å²) in [4.78, 5) is 11.8. The van der Waals surface area contributed by atoms with Crippen LogP contribution in [0.15, 0.2) is 24.3 Å². The minimum Gasteiger partial charge on any atom is -0.350 e. The molecule has 0 spiro atoms. The molecule has 5 heteroatoms. The van der Waals surface area contributed by atoms with Crippen LogP contribution in [0.5, 0.6) is 0 Å². The van der Waals surface area contributed by atoms with E-state index in [1.807, 2.05) is 20.8 Å². The molecule has 112 valence electrons. The van der Waals surface area contributed by atoms with Gasteiger partial charge in [0.15, 0.2) is 0 Å². The Morgan fingerprint density at radius 3 is 2.05 bits per heavy atom. The van der Waals surface area contributed by atoms with Crippen molar-refractivity contribution < 1.29 is 18.0 Å². The number of hydrogen-bond donors (Lipinski definition) is 1. The molecule has 0 radical (unpaired) electrons. The molecule has 0 aliphatic heterocycles. The van der Waals surface area contributed by atoms with Crippen molar-refractivity contribution in [2.45, 2.75) is 46.3 Å². The maximum atomic E-state index is 12.4. The quantitative estimate of drug-likeness (QED) is 0.881. The van der Waals surface area contributed by atoms with Gasteiger partial charge in [0.2, 0.25) is 5.91 Å². The van der Waals surface area contributed by atoms with Crippen molar-refractivity contribution in [3.8, 4) is 0 Å². The highest BCUT2D eigenvalue weighted by atomic mass is 19.4. The number of benzene rings is 1. The second kappa shape index (κ2) is 5.85. The molecule has 0 fully saturated rings. The molecule has 1 amide bonds. The second-order valence-electron chi connectivity index (χ2n) is 6.15. The monoisotopic (exact) mass is 287 g/mol. The minimum atomic E-state index is -4.34. The number of rotatable bonds is 3. The van der Waals surface area contributed by atoms with Gasteiger partial charge in [-0.1, -0.05) is 32.9 Å². The van der Waals surface area contributed by atoms with Crippen molar-refractivity contribution in [2.75, 3.05) is 0 Å². The standard InChI is InChI=1S/C15H20F3NO/c1-10(19-13(20)9-14(2,3)4)11-5-7-12(8-6-11)15(16,17)18/h5-8,10H,9H2,1-4H3,(H,19,20)/t10-/m0/s1. The predicted molar refractivity (Wildman–Crippen MR) is 72.1 cm³/mol. The Labute approximate surface area is 117 Å². The average molecular weight is 287 g/mol. The lowest BCUT2D eigenvalue weighted by molar-refractivity contribution is -0.137. The zero-order chi connectivity index (χ0) is 15.6. The third-order valence-corrected chi connectivity index (χ3v) is 2.81. The molecule has 0 aliphatic rings. The Kier molecular flexibility index (Phi) is 4.84. The van der Waals surface area contributed by atoms with Gasteiger partial charge in [0.1, 0.15) is 0 Å². The van der Waals surface area contributed by atoms with Gasteiger partial charge in [-0.2, -0.15) is 13.2 Å². The molecule has 1 rings (SSSR count). The molecule has 20 heavy (non-hydrogen) atoms. The average Bonchev–Trinajstić information content (AvgIpc) is 2.25. The van der Waals surface area contributed by atoms with Crippen LogP contribution in [0.2, 0.25) is 0 Å². The lowest BCUT2D eigenvalue weighted by atomic mass is 9.91. The fourth-order valence-electron chi connectivity index (χ4n) is 1.82. The van der Waals surface area contributed by atoms with Crippen LogP contribution in [0, 0.1) is 5.41 Å². The van der Waals surface area contributed by atoms with E-state index >= 15 is 0 Å². The molecule has 2 nitrogen and oxygen atoms in total. The van der Waals surface area contributed by atoms with Gasteiger partial charge in [0.05, 0.1) is 11.6 Å². The molecule has 0 unspecified atom stereocenters. The molecular weight excluding hydrogens is 267 g/mol. The Hall–Kier alpha value is -1.52. The van der Waals surface area contributed by atoms with Crippen LogP contribution in [-0.4, -0.2) is 5.91 Å². The van der Waals surface area contributed by atoms with Crippen molar-refractivity contribution in [1.29, 1.82) is 0 Å². The lowest BCUT2D eigenvalue weighted by Crippen LogP contribution is -2.29. The van der Waals surface area contributed by atoms with Crippen molar-refractivity contribution in [2.24, 2.45) is 5.41 Å². The van der Waals surface area contributed by atoms with E-state index in [0.717, 1.165) is 12.1 Å². The Bertz CT molecular complexity index is 457. The Balaban J connectivity index is 2.69. The molecule has 0 aromatic heterocycles. The maximum absolute atomic E-state index is 12.4. The normalized spacial score (nSPS) is 13.9. The first kappa shape index (κ1) is 16.5. The summed E-state index contributed by atoms with van der Waals surface area (Å²) in [6.07, 6.45) is -3.96. The number of carbonyl (C=O) groups is 1. The highest BCUT2D eigenvalue weighted by Gasteiger charge is 2.30. The molecule has 0 heterocycles. The summed E-state index contributed by atoms with van der Waals surface area (Å²) in [6.45, 7) is 7.61. The number of nitrogens with one attached hydrogen (secondary N) is 1. The van der Waals surface area contributed by atoms with Gasteiger partial charge >= 0.3 is 6.18 Å². The van der Waals surface area contributed by atoms with E-state index in [-0.39, 0.29) is 17.4 Å². The Morgan fingerprint density at radius 2 is 1.65 bits per heavy atom. The molecule has 1 atom stereocenters. The highest BCUT2D eigenvalue weighted by molar-refractivity contribution is 5.77. The fraction of sp³-hybridized carbons (Fsp3) is 0.533. The first-order valence-corrected chi connectivity index (χ1v) is 6.45. The van der Waals surface area contributed by atoms with E-state index in [2.05, 4.69) is 5.32 Å². The van der Waals surface area contributed by atoms with Gasteiger partial charge in [-0.15, -0.1) is 0 Å². The molecular formula is C15H20F3NO. The number of amides is 1. The van der Waals surface area contributed by atoms with Gasteiger partial charge in [0, 0.05) is 6.42 Å². The summed E-state index contributed by atoms with van der Waals surface area (Å²) in [5.74, 6) is -0.107. The van der Waals surface area contributed by atoms with Gasteiger partial charge in [-0.05, 0) is 30.0 Å². The van der Waals surface area contributed by atoms with E-state index in [1.165, 1.54) is 12.1 Å². The van der Waals surface area contributed by atoms with Crippen LogP contribution in [0.3, 0.4) is 0 Å². The van der Waals surface area contributed by atoms with Gasteiger partial charge in [-0.25, -0.2) is 0 Å². The summed E-state index contributed by atoms with van der Waals surface area (Å²) in [7, 11) is 0. The van der Waals surface area contributed by atoms with Crippen LogP contribution in [0.4, 0.5) is 13.2 Å². The highest BCUT2D eigenvalue weighted by Crippen LogP contribution is 2.30. The minimum absolute atomic E-state index is 0.107. The largest absolute Gasteiger partial charge is 0.416 e. The van der Waals surface area contributed by atoms with E-state index in [1.54, 1.807) is 6.92 Å². The third-order valence-electron chi connectivity index (χ3n) is 2.81. The first-order valence-electron chi connectivity index (χ1n) is 6.45. The summed E-state index contributed by atoms with van der Waals surface area (Å²) in [5, 5.41) is 2.79. The lowest BCUT2D eigenvalue weighted by Gasteiger charge is -2.20. The summed E-state index contributed by atoms with van der Waals surface area (Å²) in [6, 6.07) is 4.53. The summed E-state index contributed by atoms with van der Waals surface area (Å²) >= 11 is 0. The van der Waals surface area contributed by atoms with Crippen LogP contribution >= 0.6 is 0 Å². The zero-order valence-corrected chi connectivity index (χ0v) is 12.1. The smallest absolute Gasteiger partial charge is 0.350 e. The third kappa shape index (κ3) is 5.23. The Morgan fingerprint density at radius 1 is 1.15 bits per heavy atom. The SMILES string of the molecule is C[C@H](NC(=O)CC(C)(C)C)c1ccc(C(F)(F)F)cc1. The topological polar surface area (TPSA) is 29.1 Å². The van der Waals surface area contributed by atoms with Crippen molar-refractivity contribution in [1.82, 2.24) is 5.32 Å². The van der Waals surface area contributed by atoms with Crippen LogP contribution in [0.1, 0.15) is 51.3 Å². The molecule has 0 saturated carbocycles. The van der Waals surface area contributed by atoms with Crippen molar-refractivity contribution >= 4 is 5.91 Å². The summed E-state index contributed by atoms with van der Waals surface area (Å²) in [5.41, 5.74) is -0.154. The van der Waals surface area contributed by atoms with Crippen molar-refractivity contribution in [3.63, 3.8) is 0 Å². The second-order valence-corrected chi connectivity index (χ2v) is 6.15.